The number of nitrogens with one attached hydrogen (secondary N) is 1. The smallest absolute Gasteiger partial charge is 0.318 e. The quantitative estimate of drug-likeness (QED) is 0.448. The average molecular weight is 608 g/mol. The second-order valence-electron chi connectivity index (χ2n) is 12.2. The van der Waals surface area contributed by atoms with Crippen LogP contribution >= 0.6 is 0 Å². The molecule has 2 saturated heterocycles. The van der Waals surface area contributed by atoms with Crippen molar-refractivity contribution >= 4 is 17.4 Å². The molecular formula is C32H42FN7O4. The van der Waals surface area contributed by atoms with Gasteiger partial charge in [-0.2, -0.15) is 9.97 Å². The number of amides is 1. The highest BCUT2D eigenvalue weighted by Gasteiger charge is 2.44. The number of nitrogens with zero attached hydrogens (tertiary/aromatic N) is 5. The molecule has 0 radical (unpaired) electrons. The van der Waals surface area contributed by atoms with Crippen molar-refractivity contribution in [3.05, 3.63) is 52.4 Å². The number of aromatic hydroxyl groups is 1. The summed E-state index contributed by atoms with van der Waals surface area (Å²) in [5, 5.41) is 12.6. The number of carbonyl (C=O) groups is 1. The first kappa shape index (κ1) is 30.3. The van der Waals surface area contributed by atoms with Gasteiger partial charge in [-0.15, -0.1) is 0 Å². The summed E-state index contributed by atoms with van der Waals surface area (Å²) < 4.78 is 24.6. The van der Waals surface area contributed by atoms with Crippen molar-refractivity contribution in [1.29, 1.82) is 0 Å². The molecule has 0 saturated carbocycles. The number of hydrogen-bond donors (Lipinski definition) is 3. The lowest BCUT2D eigenvalue weighted by Crippen LogP contribution is -2.37. The van der Waals surface area contributed by atoms with Crippen LogP contribution in [0.15, 0.2) is 35.0 Å². The van der Waals surface area contributed by atoms with Crippen LogP contribution in [0.3, 0.4) is 0 Å². The minimum atomic E-state index is -0.520. The Morgan fingerprint density at radius 3 is 2.95 bits per heavy atom. The number of phenols is 1. The summed E-state index contributed by atoms with van der Waals surface area (Å²) in [6.07, 6.45) is 7.56. The van der Waals surface area contributed by atoms with Crippen molar-refractivity contribution in [1.82, 2.24) is 20.2 Å². The first-order valence-corrected chi connectivity index (χ1v) is 15.5. The molecule has 1 amide bonds. The SMILES string of the molecule is CNC(=O)/C(N)=C/C1=NCCCN(c2nc(OC)nc3c2COC2(CCc4ccc(O)cc42)C3)C1.FC1CC2CCCN2C1. The van der Waals surface area contributed by atoms with Gasteiger partial charge in [0, 0.05) is 44.7 Å². The lowest BCUT2D eigenvalue weighted by Gasteiger charge is -2.37. The van der Waals surface area contributed by atoms with Crippen LogP contribution in [0, 0.1) is 0 Å². The van der Waals surface area contributed by atoms with E-state index >= 15 is 0 Å². The van der Waals surface area contributed by atoms with Gasteiger partial charge in [-0.25, -0.2) is 4.39 Å². The number of likely N-dealkylation sites (N-methyl/N-ethyl adjacent to an activating group) is 1. The third-order valence-electron chi connectivity index (χ3n) is 9.39. The van der Waals surface area contributed by atoms with Gasteiger partial charge >= 0.3 is 6.01 Å². The molecule has 1 aromatic carbocycles. The fourth-order valence-corrected chi connectivity index (χ4v) is 7.18. The first-order chi connectivity index (χ1) is 21.3. The Labute approximate surface area is 257 Å². The van der Waals surface area contributed by atoms with E-state index in [1.807, 2.05) is 12.1 Å². The predicted octanol–water partition coefficient (Wildman–Crippen LogP) is 2.54. The first-order valence-electron chi connectivity index (χ1n) is 15.5. The highest BCUT2D eigenvalue weighted by Crippen LogP contribution is 2.48. The standard InChI is InChI=1S/C25H30N6O4.C7H12FN/c1-27-23(33)20(26)10-16-13-31(9-3-8-28-16)22-18-14-35-25(12-21(18)29-24(30-22)34-2)7-6-15-4-5-17(32)11-19(15)25;8-6-4-7-2-1-3-9(7)5-6/h4-5,10-11,32H,3,6-9,12-14,26H2,1-2H3,(H,27,33);6-7H,1-5H2/b20-10-;. The molecule has 4 aliphatic heterocycles. The highest BCUT2D eigenvalue weighted by atomic mass is 19.1. The number of phenolic OH excluding ortho intramolecular Hbond substituents is 1. The minimum Gasteiger partial charge on any atom is -0.508 e. The number of ether oxygens (including phenoxy) is 2. The monoisotopic (exact) mass is 607 g/mol. The van der Waals surface area contributed by atoms with Gasteiger partial charge in [-0.05, 0) is 74.4 Å². The van der Waals surface area contributed by atoms with Crippen LogP contribution < -0.4 is 20.7 Å². The van der Waals surface area contributed by atoms with Crippen molar-refractivity contribution < 1.29 is 23.8 Å². The Bertz CT molecular complexity index is 1450. The maximum absolute atomic E-state index is 12.6. The summed E-state index contributed by atoms with van der Waals surface area (Å²) in [4.78, 5) is 30.3. The Morgan fingerprint density at radius 1 is 1.30 bits per heavy atom. The number of benzene rings is 1. The van der Waals surface area contributed by atoms with Crippen molar-refractivity contribution in [3.8, 4) is 11.8 Å². The molecule has 4 N–H and O–H groups in total. The van der Waals surface area contributed by atoms with Crippen LogP contribution in [0.25, 0.3) is 0 Å². The lowest BCUT2D eigenvalue weighted by atomic mass is 9.86. The van der Waals surface area contributed by atoms with Gasteiger partial charge in [0.05, 0.1) is 43.0 Å². The molecule has 1 aliphatic carbocycles. The fourth-order valence-electron chi connectivity index (χ4n) is 7.18. The van der Waals surface area contributed by atoms with Crippen LogP contribution in [0.5, 0.6) is 11.8 Å². The molecule has 12 heteroatoms. The fraction of sp³-hybridized carbons (Fsp3) is 0.562. The third-order valence-corrected chi connectivity index (χ3v) is 9.39. The molecule has 3 unspecified atom stereocenters. The minimum absolute atomic E-state index is 0.115. The van der Waals surface area contributed by atoms with Crippen molar-refractivity contribution in [2.75, 3.05) is 51.8 Å². The summed E-state index contributed by atoms with van der Waals surface area (Å²) in [6, 6.07) is 6.42. The van der Waals surface area contributed by atoms with E-state index in [9.17, 15) is 14.3 Å². The second-order valence-corrected chi connectivity index (χ2v) is 12.2. The zero-order valence-electron chi connectivity index (χ0n) is 25.5. The van der Waals surface area contributed by atoms with E-state index in [0.717, 1.165) is 61.4 Å². The summed E-state index contributed by atoms with van der Waals surface area (Å²) in [6.45, 7) is 4.02. The van der Waals surface area contributed by atoms with E-state index in [1.165, 1.54) is 18.4 Å². The molecule has 7 rings (SSSR count). The Morgan fingerprint density at radius 2 is 2.16 bits per heavy atom. The van der Waals surface area contributed by atoms with Crippen LogP contribution in [-0.2, 0) is 34.6 Å². The Balaban J connectivity index is 0.000000323. The summed E-state index contributed by atoms with van der Waals surface area (Å²) in [7, 11) is 3.10. The van der Waals surface area contributed by atoms with Crippen LogP contribution in [0.2, 0.25) is 0 Å². The molecule has 5 aliphatic rings. The van der Waals surface area contributed by atoms with Crippen molar-refractivity contribution in [2.24, 2.45) is 10.7 Å². The van der Waals surface area contributed by atoms with E-state index in [-0.39, 0.29) is 17.4 Å². The van der Waals surface area contributed by atoms with Gasteiger partial charge in [-0.3, -0.25) is 14.7 Å². The number of halogens is 1. The number of hydrogen-bond acceptors (Lipinski definition) is 10. The number of methoxy groups -OCH3 is 1. The molecule has 0 bridgehead atoms. The van der Waals surface area contributed by atoms with Gasteiger partial charge in [0.2, 0.25) is 0 Å². The summed E-state index contributed by atoms with van der Waals surface area (Å²) in [5.41, 5.74) is 10.3. The topological polar surface area (TPSA) is 138 Å². The van der Waals surface area contributed by atoms with Crippen molar-refractivity contribution in [3.63, 3.8) is 0 Å². The number of aromatic nitrogens is 2. The Hall–Kier alpha value is -3.77. The van der Waals surface area contributed by atoms with Gasteiger partial charge < -0.3 is 30.5 Å². The number of anilines is 1. The number of rotatable bonds is 4. The normalized spacial score (nSPS) is 26.2. The van der Waals surface area contributed by atoms with Crippen LogP contribution in [-0.4, -0.2) is 90.7 Å². The van der Waals surface area contributed by atoms with Gasteiger partial charge in [0.15, 0.2) is 0 Å². The number of aliphatic imine (C=N–C) groups is 1. The maximum Gasteiger partial charge on any atom is 0.318 e. The van der Waals surface area contributed by atoms with E-state index in [0.29, 0.717) is 50.4 Å². The van der Waals surface area contributed by atoms with Crippen LogP contribution in [0.4, 0.5) is 10.2 Å². The molecule has 2 fully saturated rings. The number of fused-ring (bicyclic) bond motifs is 4. The zero-order chi connectivity index (χ0) is 30.8. The zero-order valence-corrected chi connectivity index (χ0v) is 25.5. The molecule has 1 spiro atoms. The molecule has 11 nitrogen and oxygen atoms in total. The molecule has 236 valence electrons. The number of carbonyl (C=O) groups excluding carboxylic acids is 1. The third kappa shape index (κ3) is 6.10. The average Bonchev–Trinajstić information content (AvgIpc) is 3.64. The van der Waals surface area contributed by atoms with Gasteiger partial charge in [-0.1, -0.05) is 6.07 Å². The van der Waals surface area contributed by atoms with Crippen molar-refractivity contribution in [2.45, 2.75) is 69.4 Å². The van der Waals surface area contributed by atoms with Crippen LogP contribution in [0.1, 0.15) is 54.5 Å². The molecule has 5 heterocycles. The number of alkyl halides is 1. The Kier molecular flexibility index (Phi) is 8.73. The van der Waals surface area contributed by atoms with E-state index in [2.05, 4.69) is 20.1 Å². The second kappa shape index (κ2) is 12.7. The maximum atomic E-state index is 12.6. The molecular weight excluding hydrogens is 565 g/mol. The number of aryl methyl sites for hydroxylation is 1. The highest BCUT2D eigenvalue weighted by molar-refractivity contribution is 6.05. The largest absolute Gasteiger partial charge is 0.508 e. The molecule has 2 aromatic rings. The van der Waals surface area contributed by atoms with Gasteiger partial charge in [0.1, 0.15) is 17.7 Å². The predicted molar refractivity (Wildman–Crippen MR) is 165 cm³/mol. The summed E-state index contributed by atoms with van der Waals surface area (Å²) in [5.74, 6) is 0.643. The van der Waals surface area contributed by atoms with E-state index in [1.54, 1.807) is 26.3 Å². The molecule has 44 heavy (non-hydrogen) atoms. The molecule has 3 atom stereocenters. The van der Waals surface area contributed by atoms with Gasteiger partial charge in [0.25, 0.3) is 5.91 Å². The summed E-state index contributed by atoms with van der Waals surface area (Å²) >= 11 is 0. The lowest BCUT2D eigenvalue weighted by molar-refractivity contribution is -0.117. The molecule has 1 aromatic heterocycles. The number of nitrogens with two attached hydrogens (primary N) is 1. The van der Waals surface area contributed by atoms with E-state index in [4.69, 9.17) is 25.2 Å². The van der Waals surface area contributed by atoms with E-state index < -0.39 is 11.8 Å².